The number of nitrogens with zero attached hydrogens (tertiary/aromatic N) is 4. The first-order chi connectivity index (χ1) is 16.1. The average molecular weight is 517 g/mol. The molecule has 0 saturated heterocycles. The van der Waals surface area contributed by atoms with Crippen molar-refractivity contribution in [3.8, 4) is 6.07 Å². The van der Waals surface area contributed by atoms with E-state index < -0.39 is 15.3 Å². The fraction of sp³-hybridized carbons (Fsp3) is 0.318. The Balaban J connectivity index is 1.66. The summed E-state index contributed by atoms with van der Waals surface area (Å²) in [4.78, 5) is 17.3. The van der Waals surface area contributed by atoms with E-state index in [0.29, 0.717) is 27.2 Å². The molecule has 178 valence electrons. The van der Waals surface area contributed by atoms with Gasteiger partial charge in [0.2, 0.25) is 11.0 Å². The molecule has 0 saturated carbocycles. The van der Waals surface area contributed by atoms with Crippen LogP contribution < -0.4 is 10.0 Å². The number of hydrogen-bond donors (Lipinski definition) is 2. The molecule has 0 aliphatic heterocycles. The van der Waals surface area contributed by atoms with Crippen LogP contribution in [0.15, 0.2) is 46.3 Å². The van der Waals surface area contributed by atoms with Crippen LogP contribution in [0.3, 0.4) is 0 Å². The van der Waals surface area contributed by atoms with Gasteiger partial charge in [0.25, 0.3) is 10.0 Å². The Labute approximate surface area is 207 Å². The lowest BCUT2D eigenvalue weighted by Crippen LogP contribution is -2.22. The average Bonchev–Trinajstić information content (AvgIpc) is 3.17. The third kappa shape index (κ3) is 6.75. The fourth-order valence-corrected chi connectivity index (χ4v) is 5.61. The van der Waals surface area contributed by atoms with Crippen molar-refractivity contribution in [2.24, 2.45) is 5.92 Å². The second-order valence-electron chi connectivity index (χ2n) is 7.87. The molecule has 1 aromatic carbocycles. The van der Waals surface area contributed by atoms with Gasteiger partial charge in [0.05, 0.1) is 15.7 Å². The van der Waals surface area contributed by atoms with Crippen LogP contribution >= 0.6 is 23.1 Å². The van der Waals surface area contributed by atoms with E-state index in [1.807, 2.05) is 6.07 Å². The number of pyridine rings is 1. The zero-order chi connectivity index (χ0) is 24.9. The maximum absolute atomic E-state index is 12.7. The Kier molecular flexibility index (Phi) is 8.24. The molecule has 0 fully saturated rings. The summed E-state index contributed by atoms with van der Waals surface area (Å²) in [6.45, 7) is 7.63. The number of amides is 1. The lowest BCUT2D eigenvalue weighted by Gasteiger charge is -2.14. The molecule has 2 aromatic heterocycles. The second-order valence-corrected chi connectivity index (χ2v) is 12.1. The minimum Gasteiger partial charge on any atom is -0.325 e. The molecule has 0 aliphatic carbocycles. The zero-order valence-corrected chi connectivity index (χ0v) is 21.5. The highest BCUT2D eigenvalue weighted by molar-refractivity contribution is 8.00. The van der Waals surface area contributed by atoms with E-state index in [0.717, 1.165) is 23.5 Å². The van der Waals surface area contributed by atoms with Crippen LogP contribution in [-0.2, 0) is 21.2 Å². The zero-order valence-electron chi connectivity index (χ0n) is 19.1. The molecule has 34 heavy (non-hydrogen) atoms. The van der Waals surface area contributed by atoms with Gasteiger partial charge in [-0.05, 0) is 62.6 Å². The van der Waals surface area contributed by atoms with Gasteiger partial charge in [0.1, 0.15) is 16.1 Å². The largest absolute Gasteiger partial charge is 0.325 e. The molecule has 0 aliphatic rings. The number of anilines is 2. The van der Waals surface area contributed by atoms with E-state index in [9.17, 15) is 18.5 Å². The van der Waals surface area contributed by atoms with Crippen molar-refractivity contribution in [1.82, 2.24) is 15.2 Å². The molecule has 3 aromatic rings. The van der Waals surface area contributed by atoms with Crippen LogP contribution in [0, 0.1) is 24.2 Å². The summed E-state index contributed by atoms with van der Waals surface area (Å²) < 4.78 is 27.4. The Morgan fingerprint density at radius 2 is 1.85 bits per heavy atom. The molecular formula is C22H24N6O3S3. The smallest absolute Gasteiger partial charge is 0.263 e. The first-order valence-electron chi connectivity index (χ1n) is 10.4. The summed E-state index contributed by atoms with van der Waals surface area (Å²) in [5.41, 5.74) is 1.74. The molecule has 1 amide bonds. The number of carbonyl (C=O) groups is 1. The summed E-state index contributed by atoms with van der Waals surface area (Å²) in [5, 5.41) is 20.5. The van der Waals surface area contributed by atoms with E-state index in [2.05, 4.69) is 45.1 Å². The molecule has 0 spiro atoms. The summed E-state index contributed by atoms with van der Waals surface area (Å²) in [6, 6.07) is 11.5. The molecule has 1 atom stereocenters. The second kappa shape index (κ2) is 10.9. The van der Waals surface area contributed by atoms with Crippen LogP contribution in [-0.4, -0.2) is 34.8 Å². The topological polar surface area (TPSA) is 138 Å². The third-order valence-electron chi connectivity index (χ3n) is 4.49. The van der Waals surface area contributed by atoms with E-state index in [-0.39, 0.29) is 15.9 Å². The van der Waals surface area contributed by atoms with Crippen molar-refractivity contribution in [2.45, 2.75) is 49.3 Å². The van der Waals surface area contributed by atoms with Crippen LogP contribution in [0.25, 0.3) is 0 Å². The lowest BCUT2D eigenvalue weighted by molar-refractivity contribution is -0.115. The van der Waals surface area contributed by atoms with Crippen molar-refractivity contribution in [3.05, 3.63) is 52.7 Å². The molecule has 12 heteroatoms. The lowest BCUT2D eigenvalue weighted by atomic mass is 10.1. The standard InChI is InChI=1S/C22H24N6O3S3/c1-13(2)11-18-6-5-16(12-23)21(25-18)32-14(3)20(29)24-17-7-9-19(10-8-17)34(30,31)28-22-27-26-15(4)33-22/h5-10,13-14H,11H2,1-4H3,(H,24,29)(H,27,28). The molecule has 0 bridgehead atoms. The minimum atomic E-state index is -3.82. The summed E-state index contributed by atoms with van der Waals surface area (Å²) in [5.74, 6) is 0.131. The van der Waals surface area contributed by atoms with Crippen LogP contribution in [0.5, 0.6) is 0 Å². The van der Waals surface area contributed by atoms with Crippen LogP contribution in [0.2, 0.25) is 0 Å². The number of carbonyl (C=O) groups excluding carboxylic acids is 1. The van der Waals surface area contributed by atoms with Gasteiger partial charge in [0.15, 0.2) is 0 Å². The maximum Gasteiger partial charge on any atom is 0.263 e. The number of hydrogen-bond acceptors (Lipinski definition) is 9. The molecule has 2 heterocycles. The number of aryl methyl sites for hydroxylation is 1. The first-order valence-corrected chi connectivity index (χ1v) is 13.6. The van der Waals surface area contributed by atoms with Crippen LogP contribution in [0.4, 0.5) is 10.8 Å². The van der Waals surface area contributed by atoms with Crippen molar-refractivity contribution >= 4 is 49.8 Å². The van der Waals surface area contributed by atoms with Crippen LogP contribution in [0.1, 0.15) is 37.0 Å². The van der Waals surface area contributed by atoms with E-state index in [1.54, 1.807) is 19.9 Å². The molecular weight excluding hydrogens is 492 g/mol. The van der Waals surface area contributed by atoms with Gasteiger partial charge < -0.3 is 5.32 Å². The monoisotopic (exact) mass is 516 g/mol. The number of nitrogens with one attached hydrogen (secondary N) is 2. The van der Waals surface area contributed by atoms with E-state index >= 15 is 0 Å². The highest BCUT2D eigenvalue weighted by Crippen LogP contribution is 2.27. The van der Waals surface area contributed by atoms with Crippen molar-refractivity contribution < 1.29 is 13.2 Å². The van der Waals surface area contributed by atoms with Gasteiger partial charge in [-0.15, -0.1) is 10.2 Å². The normalized spacial score (nSPS) is 12.2. The number of nitriles is 1. The summed E-state index contributed by atoms with van der Waals surface area (Å²) in [6.07, 6.45) is 0.780. The predicted octanol–water partition coefficient (Wildman–Crippen LogP) is 4.23. The number of benzene rings is 1. The van der Waals surface area contributed by atoms with Crippen molar-refractivity contribution in [2.75, 3.05) is 10.0 Å². The first kappa shape index (κ1) is 25.6. The van der Waals surface area contributed by atoms with Gasteiger partial charge in [-0.1, -0.05) is 36.9 Å². The number of sulfonamides is 1. The Bertz CT molecular complexity index is 1310. The SMILES string of the molecule is Cc1nnc(NS(=O)(=O)c2ccc(NC(=O)C(C)Sc3nc(CC(C)C)ccc3C#N)cc2)s1. The maximum atomic E-state index is 12.7. The van der Waals surface area contributed by atoms with Gasteiger partial charge in [0, 0.05) is 11.4 Å². The number of aromatic nitrogens is 3. The molecule has 1 unspecified atom stereocenters. The minimum absolute atomic E-state index is 0.0330. The van der Waals surface area contributed by atoms with Gasteiger partial charge in [-0.25, -0.2) is 13.4 Å². The Morgan fingerprint density at radius 3 is 2.44 bits per heavy atom. The number of rotatable bonds is 9. The highest BCUT2D eigenvalue weighted by Gasteiger charge is 2.20. The molecule has 9 nitrogen and oxygen atoms in total. The predicted molar refractivity (Wildman–Crippen MR) is 133 cm³/mol. The van der Waals surface area contributed by atoms with E-state index in [4.69, 9.17) is 0 Å². The molecule has 2 N–H and O–H groups in total. The third-order valence-corrected chi connectivity index (χ3v) is 7.83. The Morgan fingerprint density at radius 1 is 1.15 bits per heavy atom. The van der Waals surface area contributed by atoms with Gasteiger partial charge in [-0.3, -0.25) is 9.52 Å². The van der Waals surface area contributed by atoms with E-state index in [1.165, 1.54) is 36.0 Å². The van der Waals surface area contributed by atoms with Crippen molar-refractivity contribution in [3.63, 3.8) is 0 Å². The summed E-state index contributed by atoms with van der Waals surface area (Å²) >= 11 is 2.34. The fourth-order valence-electron chi connectivity index (χ4n) is 2.88. The highest BCUT2D eigenvalue weighted by atomic mass is 32.2. The quantitative estimate of drug-likeness (QED) is 0.403. The molecule has 0 radical (unpaired) electrons. The summed E-state index contributed by atoms with van der Waals surface area (Å²) in [7, 11) is -3.82. The van der Waals surface area contributed by atoms with Gasteiger partial charge in [-0.2, -0.15) is 5.26 Å². The Hall–Kier alpha value is -3.01. The number of thioether (sulfide) groups is 1. The van der Waals surface area contributed by atoms with Crippen molar-refractivity contribution in [1.29, 1.82) is 5.26 Å². The van der Waals surface area contributed by atoms with Gasteiger partial charge >= 0.3 is 0 Å². The molecule has 3 rings (SSSR count).